The third-order valence-corrected chi connectivity index (χ3v) is 7.48. The fourth-order valence-electron chi connectivity index (χ4n) is 4.27. The molecule has 4 aromatic carbocycles. The van der Waals surface area contributed by atoms with E-state index in [0.717, 1.165) is 16.3 Å². The predicted octanol–water partition coefficient (Wildman–Crippen LogP) is 7.53. The second kappa shape index (κ2) is 14.0. The van der Waals surface area contributed by atoms with Crippen molar-refractivity contribution >= 4 is 52.6 Å². The molecule has 0 fully saturated rings. The molecule has 0 saturated carbocycles. The van der Waals surface area contributed by atoms with E-state index in [1.54, 1.807) is 53.4 Å². The highest BCUT2D eigenvalue weighted by Crippen LogP contribution is 2.31. The van der Waals surface area contributed by atoms with E-state index in [4.69, 9.17) is 4.42 Å². The van der Waals surface area contributed by atoms with Crippen molar-refractivity contribution in [3.63, 3.8) is 0 Å². The van der Waals surface area contributed by atoms with Gasteiger partial charge in [0.25, 0.3) is 11.8 Å². The number of nitrogens with zero attached hydrogens (tertiary/aromatic N) is 1. The highest BCUT2D eigenvalue weighted by Gasteiger charge is 2.24. The number of anilines is 3. The summed E-state index contributed by atoms with van der Waals surface area (Å²) >= 11 is 1.43. The zero-order chi connectivity index (χ0) is 30.0. The Morgan fingerprint density at radius 1 is 0.744 bits per heavy atom. The van der Waals surface area contributed by atoms with Gasteiger partial charge in [0.15, 0.2) is 0 Å². The lowest BCUT2D eigenvalue weighted by Crippen LogP contribution is -2.32. The first-order chi connectivity index (χ1) is 21.0. The van der Waals surface area contributed by atoms with Crippen molar-refractivity contribution in [1.29, 1.82) is 0 Å². The number of furan rings is 1. The van der Waals surface area contributed by atoms with Crippen LogP contribution < -0.4 is 15.5 Å². The number of carbonyl (C=O) groups is 3. The van der Waals surface area contributed by atoms with Crippen LogP contribution in [0.5, 0.6) is 0 Å². The van der Waals surface area contributed by atoms with Gasteiger partial charge in [0, 0.05) is 33.6 Å². The van der Waals surface area contributed by atoms with Gasteiger partial charge in [-0.2, -0.15) is 0 Å². The third-order valence-electron chi connectivity index (χ3n) is 6.38. The summed E-state index contributed by atoms with van der Waals surface area (Å²) in [4.78, 5) is 42.2. The number of para-hydroxylation sites is 2. The van der Waals surface area contributed by atoms with Crippen molar-refractivity contribution in [1.82, 2.24) is 5.32 Å². The number of amides is 3. The number of hydrogen-bond donors (Lipinski definition) is 2. The van der Waals surface area contributed by atoms with E-state index in [9.17, 15) is 14.4 Å². The van der Waals surface area contributed by atoms with Crippen LogP contribution in [0.4, 0.5) is 17.1 Å². The molecule has 0 aliphatic heterocycles. The summed E-state index contributed by atoms with van der Waals surface area (Å²) in [6.07, 6.45) is 2.96. The minimum absolute atomic E-state index is 0.0309. The minimum Gasteiger partial charge on any atom is -0.465 e. The number of hydrogen-bond acceptors (Lipinski definition) is 5. The first-order valence-electron chi connectivity index (χ1n) is 13.6. The number of nitrogens with one attached hydrogen (secondary N) is 2. The van der Waals surface area contributed by atoms with Crippen molar-refractivity contribution in [2.75, 3.05) is 10.2 Å². The van der Waals surface area contributed by atoms with E-state index in [1.807, 2.05) is 85.8 Å². The van der Waals surface area contributed by atoms with Gasteiger partial charge in [0.2, 0.25) is 5.91 Å². The molecule has 0 saturated heterocycles. The maximum Gasteiger partial charge on any atom is 0.272 e. The molecule has 0 bridgehead atoms. The molecule has 1 aromatic heterocycles. The van der Waals surface area contributed by atoms with E-state index in [-0.39, 0.29) is 11.6 Å². The van der Waals surface area contributed by atoms with Gasteiger partial charge in [-0.25, -0.2) is 0 Å². The highest BCUT2D eigenvalue weighted by molar-refractivity contribution is 8.00. The van der Waals surface area contributed by atoms with Crippen LogP contribution in [0.25, 0.3) is 6.08 Å². The lowest BCUT2D eigenvalue weighted by molar-refractivity contribution is -0.117. The molecule has 1 atom stereocenters. The average Bonchev–Trinajstić information content (AvgIpc) is 3.56. The molecule has 2 N–H and O–H groups in total. The van der Waals surface area contributed by atoms with E-state index in [0.29, 0.717) is 17.0 Å². The Morgan fingerprint density at radius 3 is 1.88 bits per heavy atom. The summed E-state index contributed by atoms with van der Waals surface area (Å²) < 4.78 is 5.36. The van der Waals surface area contributed by atoms with Crippen LogP contribution in [-0.2, 0) is 9.59 Å². The van der Waals surface area contributed by atoms with Crippen LogP contribution in [0.2, 0.25) is 0 Å². The predicted molar refractivity (Wildman–Crippen MR) is 171 cm³/mol. The van der Waals surface area contributed by atoms with Gasteiger partial charge < -0.3 is 15.1 Å². The summed E-state index contributed by atoms with van der Waals surface area (Å²) in [6, 6.07) is 38.4. The Hall–Kier alpha value is -5.34. The molecule has 0 aliphatic rings. The van der Waals surface area contributed by atoms with E-state index >= 15 is 0 Å². The number of thioether (sulfide) groups is 1. The van der Waals surface area contributed by atoms with Crippen molar-refractivity contribution in [2.24, 2.45) is 0 Å². The summed E-state index contributed by atoms with van der Waals surface area (Å²) in [6.45, 7) is 1.88. The Balaban J connectivity index is 1.27. The largest absolute Gasteiger partial charge is 0.465 e. The van der Waals surface area contributed by atoms with Crippen molar-refractivity contribution in [3.05, 3.63) is 151 Å². The summed E-state index contributed by atoms with van der Waals surface area (Å²) in [5, 5.41) is 5.12. The summed E-state index contributed by atoms with van der Waals surface area (Å²) in [7, 11) is 0. The SMILES string of the molecule is CC(Sc1ccc(NC(=O)/C(=C/c2ccco2)NC(=O)c2ccccc2)cc1)C(=O)N(c1ccccc1)c1ccccc1. The highest BCUT2D eigenvalue weighted by atomic mass is 32.2. The second-order valence-electron chi connectivity index (χ2n) is 9.48. The summed E-state index contributed by atoms with van der Waals surface area (Å²) in [5.74, 6) is -0.560. The minimum atomic E-state index is -0.508. The maximum atomic E-state index is 13.7. The van der Waals surface area contributed by atoms with Gasteiger partial charge in [0.1, 0.15) is 11.5 Å². The molecular weight excluding hydrogens is 558 g/mol. The van der Waals surface area contributed by atoms with Gasteiger partial charge in [0.05, 0.1) is 11.5 Å². The standard InChI is InChI=1S/C35H29N3O4S/c1-25(35(41)38(28-14-7-3-8-15-28)29-16-9-4-10-17-29)43-31-21-19-27(20-22-31)36-34(40)32(24-30-18-11-23-42-30)37-33(39)26-12-5-2-6-13-26/h2-25H,1H3,(H,36,40)(H,37,39)/b32-24-. The van der Waals surface area contributed by atoms with Crippen LogP contribution >= 0.6 is 11.8 Å². The first kappa shape index (κ1) is 29.2. The Bertz CT molecular complexity index is 1650. The lowest BCUT2D eigenvalue weighted by atomic mass is 10.2. The zero-order valence-corrected chi connectivity index (χ0v) is 24.2. The molecule has 1 unspecified atom stereocenters. The van der Waals surface area contributed by atoms with Crippen molar-refractivity contribution < 1.29 is 18.8 Å². The Labute approximate surface area is 254 Å². The van der Waals surface area contributed by atoms with Crippen LogP contribution in [0.3, 0.4) is 0 Å². The van der Waals surface area contributed by atoms with Crippen LogP contribution in [0.1, 0.15) is 23.0 Å². The van der Waals surface area contributed by atoms with Crippen LogP contribution in [0, 0.1) is 0 Å². The fourth-order valence-corrected chi connectivity index (χ4v) is 5.18. The number of carbonyl (C=O) groups excluding carboxylic acids is 3. The molecule has 3 amide bonds. The average molecular weight is 588 g/mol. The zero-order valence-electron chi connectivity index (χ0n) is 23.3. The van der Waals surface area contributed by atoms with E-state index in [1.165, 1.54) is 24.1 Å². The van der Waals surface area contributed by atoms with Crippen LogP contribution in [0.15, 0.2) is 149 Å². The van der Waals surface area contributed by atoms with Gasteiger partial charge in [-0.1, -0.05) is 54.6 Å². The molecule has 8 heteroatoms. The van der Waals surface area contributed by atoms with Gasteiger partial charge >= 0.3 is 0 Å². The Morgan fingerprint density at radius 2 is 1.33 bits per heavy atom. The van der Waals surface area contributed by atoms with E-state index < -0.39 is 17.1 Å². The molecule has 7 nitrogen and oxygen atoms in total. The van der Waals surface area contributed by atoms with E-state index in [2.05, 4.69) is 10.6 Å². The van der Waals surface area contributed by atoms with Gasteiger partial charge in [-0.05, 0) is 79.7 Å². The second-order valence-corrected chi connectivity index (χ2v) is 10.9. The molecule has 43 heavy (non-hydrogen) atoms. The molecule has 0 aliphatic carbocycles. The molecule has 214 valence electrons. The molecule has 0 radical (unpaired) electrons. The van der Waals surface area contributed by atoms with Crippen LogP contribution in [-0.4, -0.2) is 23.0 Å². The summed E-state index contributed by atoms with van der Waals surface area (Å²) in [5.41, 5.74) is 2.57. The molecule has 1 heterocycles. The monoisotopic (exact) mass is 587 g/mol. The van der Waals surface area contributed by atoms with Crippen molar-refractivity contribution in [2.45, 2.75) is 17.1 Å². The fraction of sp³-hybridized carbons (Fsp3) is 0.0571. The van der Waals surface area contributed by atoms with Gasteiger partial charge in [-0.3, -0.25) is 19.3 Å². The van der Waals surface area contributed by atoms with Crippen molar-refractivity contribution in [3.8, 4) is 0 Å². The molecule has 5 rings (SSSR count). The van der Waals surface area contributed by atoms with Gasteiger partial charge in [-0.15, -0.1) is 11.8 Å². The third kappa shape index (κ3) is 7.69. The normalized spacial score (nSPS) is 11.8. The lowest BCUT2D eigenvalue weighted by Gasteiger charge is -2.26. The number of rotatable bonds is 10. The number of benzene rings is 4. The Kier molecular flexibility index (Phi) is 9.51. The molecular formula is C35H29N3O4S. The quantitative estimate of drug-likeness (QED) is 0.130. The first-order valence-corrected chi connectivity index (χ1v) is 14.5. The smallest absolute Gasteiger partial charge is 0.272 e. The molecule has 0 spiro atoms. The molecule has 5 aromatic rings. The topological polar surface area (TPSA) is 91.6 Å². The maximum absolute atomic E-state index is 13.7.